The van der Waals surface area contributed by atoms with Gasteiger partial charge in [-0.05, 0) is 48.9 Å². The second-order valence-corrected chi connectivity index (χ2v) is 13.3. The number of anilines is 2. The van der Waals surface area contributed by atoms with E-state index >= 15 is 0 Å². The molecule has 7 rings (SSSR count). The van der Waals surface area contributed by atoms with Crippen molar-refractivity contribution < 1.29 is 32.5 Å². The fourth-order valence-electron chi connectivity index (χ4n) is 6.34. The molecule has 8 N–H and O–H groups in total. The van der Waals surface area contributed by atoms with E-state index in [0.29, 0.717) is 36.0 Å². The summed E-state index contributed by atoms with van der Waals surface area (Å²) < 4.78 is 39.4. The predicted molar refractivity (Wildman–Crippen MR) is 185 cm³/mol. The van der Waals surface area contributed by atoms with Crippen LogP contribution in [0.25, 0.3) is 11.2 Å². The van der Waals surface area contributed by atoms with Crippen LogP contribution in [-0.2, 0) is 21.7 Å². The van der Waals surface area contributed by atoms with Gasteiger partial charge < -0.3 is 31.3 Å². The Morgan fingerprint density at radius 3 is 2.18 bits per heavy atom. The number of aromatic nitrogens is 8. The van der Waals surface area contributed by atoms with E-state index < -0.39 is 34.9 Å². The fraction of sp³-hybridized carbons (Fsp3) is 0.438. The molecule has 4 atom stereocenters. The van der Waals surface area contributed by atoms with E-state index in [1.165, 1.54) is 15.9 Å². The van der Waals surface area contributed by atoms with Gasteiger partial charge in [0, 0.05) is 24.5 Å². The van der Waals surface area contributed by atoms with Crippen LogP contribution in [0.1, 0.15) is 67.8 Å². The van der Waals surface area contributed by atoms with Crippen molar-refractivity contribution in [3.63, 3.8) is 0 Å². The Hall–Kier alpha value is -4.63. The smallest absolute Gasteiger partial charge is 0.387 e. The standard InChI is InChI=1S/C32H39N11O3.H2O4S/c1-2-43-40-29(39-41-43)27-25(44)26(45)31(46-27)42-18-35-24-28(37-32(38-30(24)42)36-22-15-13-21(33)14-16-22)34-17-23(19-9-5-3-6-10-19)20-11-7-4-8-12-20;1-5(2,3)4/h3-12,18,21-23,25-27,31,44-45H,2,13-17,33H2,1H3,(H2,34,36,37,38);(H2,1,2,3,4)/t21?,22?,25-,26+,27-,31+;/m0./s1. The number of hydrogen-bond acceptors (Lipinski definition) is 14. The van der Waals surface area contributed by atoms with Crippen molar-refractivity contribution in [1.29, 1.82) is 0 Å². The number of ether oxygens (including phenoxy) is 1. The summed E-state index contributed by atoms with van der Waals surface area (Å²) in [4.78, 5) is 15.8. The normalized spacial score (nSPS) is 23.6. The highest BCUT2D eigenvalue weighted by atomic mass is 32.3. The summed E-state index contributed by atoms with van der Waals surface area (Å²) in [6.07, 6.45) is 0.697. The lowest BCUT2D eigenvalue weighted by Gasteiger charge is -2.27. The molecular weight excluding hydrogens is 682 g/mol. The van der Waals surface area contributed by atoms with Crippen LogP contribution in [0.2, 0.25) is 0 Å². The van der Waals surface area contributed by atoms with Crippen molar-refractivity contribution in [3.8, 4) is 0 Å². The molecule has 2 aliphatic rings. The molecule has 0 unspecified atom stereocenters. The first-order valence-corrected chi connectivity index (χ1v) is 18.0. The highest BCUT2D eigenvalue weighted by Crippen LogP contribution is 2.39. The van der Waals surface area contributed by atoms with E-state index in [4.69, 9.17) is 38.0 Å². The topological polar surface area (TPSA) is 262 Å². The van der Waals surface area contributed by atoms with Crippen LogP contribution < -0.4 is 16.4 Å². The molecule has 1 saturated heterocycles. The van der Waals surface area contributed by atoms with Crippen molar-refractivity contribution in [2.75, 3.05) is 17.2 Å². The Kier molecular flexibility index (Phi) is 11.2. The lowest BCUT2D eigenvalue weighted by atomic mass is 9.91. The number of benzene rings is 2. The zero-order chi connectivity index (χ0) is 36.1. The summed E-state index contributed by atoms with van der Waals surface area (Å²) in [6.45, 7) is 2.94. The van der Waals surface area contributed by atoms with E-state index in [2.05, 4.69) is 55.3 Å². The average molecular weight is 724 g/mol. The number of nitrogens with zero attached hydrogens (tertiary/aromatic N) is 8. The average Bonchev–Trinajstić information content (AvgIpc) is 3.84. The van der Waals surface area contributed by atoms with Gasteiger partial charge >= 0.3 is 10.4 Å². The molecule has 5 aromatic rings. The SMILES string of the molecule is CCn1nnc([C@H]2O[C@@H](n3cnc4c(NCC(c5ccccc5)c5ccccc5)nc(NC5CCC(N)CC5)nc43)[C@H](O)[C@@H]2O)n1.O=S(=O)(O)O. The number of fused-ring (bicyclic) bond motifs is 1. The van der Waals surface area contributed by atoms with Gasteiger partial charge in [0.1, 0.15) is 12.2 Å². The van der Waals surface area contributed by atoms with Gasteiger partial charge in [-0.1, -0.05) is 60.7 Å². The number of hydrogen-bond donors (Lipinski definition) is 7. The third-order valence-electron chi connectivity index (χ3n) is 8.92. The molecule has 0 radical (unpaired) electrons. The summed E-state index contributed by atoms with van der Waals surface area (Å²) in [5.74, 6) is 1.23. The predicted octanol–water partition coefficient (Wildman–Crippen LogP) is 2.10. The van der Waals surface area contributed by atoms with E-state index in [9.17, 15) is 10.2 Å². The number of imidazole rings is 1. The van der Waals surface area contributed by atoms with Crippen LogP contribution >= 0.6 is 0 Å². The maximum atomic E-state index is 11.1. The number of nitrogens with one attached hydrogen (secondary N) is 2. The minimum atomic E-state index is -4.67. The minimum absolute atomic E-state index is 0.0469. The molecule has 1 aliphatic heterocycles. The molecule has 18 nitrogen and oxygen atoms in total. The second kappa shape index (κ2) is 15.7. The van der Waals surface area contributed by atoms with Gasteiger partial charge in [-0.25, -0.2) is 4.98 Å². The van der Waals surface area contributed by atoms with Gasteiger partial charge in [-0.2, -0.15) is 23.2 Å². The van der Waals surface area contributed by atoms with Gasteiger partial charge in [-0.3, -0.25) is 13.7 Å². The molecule has 0 bridgehead atoms. The number of aliphatic hydroxyl groups excluding tert-OH is 2. The van der Waals surface area contributed by atoms with Crippen LogP contribution in [0.15, 0.2) is 67.0 Å². The molecule has 3 aromatic heterocycles. The Balaban J connectivity index is 0.000000839. The van der Waals surface area contributed by atoms with Gasteiger partial charge in [-0.15, -0.1) is 10.2 Å². The molecule has 272 valence electrons. The largest absolute Gasteiger partial charge is 0.394 e. The first kappa shape index (κ1) is 36.2. The quantitative estimate of drug-likeness (QED) is 0.102. The van der Waals surface area contributed by atoms with Crippen molar-refractivity contribution in [2.24, 2.45) is 5.73 Å². The number of nitrogens with two attached hydrogens (primary N) is 1. The summed E-state index contributed by atoms with van der Waals surface area (Å²) in [6, 6.07) is 21.1. The Labute approximate surface area is 293 Å². The van der Waals surface area contributed by atoms with Crippen LogP contribution in [0, 0.1) is 0 Å². The van der Waals surface area contributed by atoms with Crippen molar-refractivity contribution in [3.05, 3.63) is 83.9 Å². The molecule has 1 aliphatic carbocycles. The minimum Gasteiger partial charge on any atom is -0.387 e. The van der Waals surface area contributed by atoms with Crippen molar-refractivity contribution >= 4 is 33.3 Å². The molecule has 1 saturated carbocycles. The first-order chi connectivity index (χ1) is 24.5. The zero-order valence-corrected chi connectivity index (χ0v) is 28.5. The van der Waals surface area contributed by atoms with Crippen LogP contribution in [-0.4, -0.2) is 98.3 Å². The number of aryl methyl sites for hydroxylation is 1. The molecule has 0 amide bonds. The zero-order valence-electron chi connectivity index (χ0n) is 27.7. The third-order valence-corrected chi connectivity index (χ3v) is 8.92. The van der Waals surface area contributed by atoms with E-state index in [-0.39, 0.29) is 23.8 Å². The maximum Gasteiger partial charge on any atom is 0.394 e. The number of tetrazole rings is 1. The van der Waals surface area contributed by atoms with E-state index in [1.807, 2.05) is 43.3 Å². The number of rotatable bonds is 10. The Bertz CT molecular complexity index is 1940. The third kappa shape index (κ3) is 8.82. The molecule has 51 heavy (non-hydrogen) atoms. The molecule has 2 fully saturated rings. The molecular formula is C32H41N11O7S. The van der Waals surface area contributed by atoms with Gasteiger partial charge in [0.15, 0.2) is 29.3 Å². The van der Waals surface area contributed by atoms with Crippen LogP contribution in [0.4, 0.5) is 11.8 Å². The van der Waals surface area contributed by atoms with Gasteiger partial charge in [0.05, 0.1) is 12.9 Å². The monoisotopic (exact) mass is 723 g/mol. The maximum absolute atomic E-state index is 11.1. The van der Waals surface area contributed by atoms with Crippen LogP contribution in [0.5, 0.6) is 0 Å². The molecule has 4 heterocycles. The summed E-state index contributed by atoms with van der Waals surface area (Å²) in [5.41, 5.74) is 9.47. The molecule has 2 aromatic carbocycles. The van der Waals surface area contributed by atoms with Crippen molar-refractivity contribution in [1.82, 2.24) is 39.7 Å². The van der Waals surface area contributed by atoms with Crippen LogP contribution in [0.3, 0.4) is 0 Å². The molecule has 19 heteroatoms. The molecule has 0 spiro atoms. The Morgan fingerprint density at radius 2 is 1.59 bits per heavy atom. The van der Waals surface area contributed by atoms with Gasteiger partial charge in [0.2, 0.25) is 11.8 Å². The first-order valence-electron chi connectivity index (χ1n) is 16.6. The number of aliphatic hydroxyl groups is 2. The lowest BCUT2D eigenvalue weighted by molar-refractivity contribution is -0.0384. The Morgan fingerprint density at radius 1 is 0.961 bits per heavy atom. The lowest BCUT2D eigenvalue weighted by Crippen LogP contribution is -2.33. The second-order valence-electron chi connectivity index (χ2n) is 12.4. The highest BCUT2D eigenvalue weighted by Gasteiger charge is 2.47. The van der Waals surface area contributed by atoms with E-state index in [0.717, 1.165) is 25.7 Å². The van der Waals surface area contributed by atoms with Crippen molar-refractivity contribution in [2.45, 2.75) is 81.7 Å². The highest BCUT2D eigenvalue weighted by molar-refractivity contribution is 7.79. The summed E-state index contributed by atoms with van der Waals surface area (Å²) in [5, 5.41) is 41.5. The fourth-order valence-corrected chi connectivity index (χ4v) is 6.34. The van der Waals surface area contributed by atoms with E-state index in [1.54, 1.807) is 10.9 Å². The summed E-state index contributed by atoms with van der Waals surface area (Å²) in [7, 11) is -4.67. The van der Waals surface area contributed by atoms with Gasteiger partial charge in [0.25, 0.3) is 0 Å². The summed E-state index contributed by atoms with van der Waals surface area (Å²) >= 11 is 0.